The van der Waals surface area contributed by atoms with Gasteiger partial charge in [-0.2, -0.15) is 0 Å². The molecule has 0 unspecified atom stereocenters. The zero-order chi connectivity index (χ0) is 23.6. The Labute approximate surface area is 187 Å². The molecular weight excluding hydrogens is 453 g/mol. The van der Waals surface area contributed by atoms with Gasteiger partial charge in [-0.15, -0.1) is 0 Å². The van der Waals surface area contributed by atoms with Gasteiger partial charge in [-0.05, 0) is 71.8 Å². The van der Waals surface area contributed by atoms with Crippen molar-refractivity contribution in [2.24, 2.45) is 0 Å². The van der Waals surface area contributed by atoms with Crippen LogP contribution in [0, 0.1) is 0 Å². The maximum Gasteiger partial charge on any atom is 0.469 e. The maximum absolute atomic E-state index is 11.9. The van der Waals surface area contributed by atoms with Crippen molar-refractivity contribution in [3.8, 4) is 0 Å². The van der Waals surface area contributed by atoms with E-state index >= 15 is 0 Å². The lowest BCUT2D eigenvalue weighted by Gasteiger charge is -2.42. The van der Waals surface area contributed by atoms with Crippen LogP contribution in [-0.4, -0.2) is 58.9 Å². The van der Waals surface area contributed by atoms with E-state index in [2.05, 4.69) is 58.9 Å². The molecule has 11 heteroatoms. The first-order chi connectivity index (χ1) is 13.5. The summed E-state index contributed by atoms with van der Waals surface area (Å²) in [5.74, 6) is -1.12. The first-order valence-electron chi connectivity index (χ1n) is 10.6. The van der Waals surface area contributed by atoms with Crippen LogP contribution in [0.5, 0.6) is 0 Å². The molecule has 0 aliphatic carbocycles. The number of carbonyl (C=O) groups excluding carboxylic acids is 2. The SMILES string of the molecule is CCCOC(=O)C=CC(=O)OCCC[Si](O[Si](C)(C)C)(O[Si](C)(C)C)O[Si](C)(C)C. The second-order valence-corrected chi connectivity index (χ2v) is 27.1. The quantitative estimate of drug-likeness (QED) is 0.147. The van der Waals surface area contributed by atoms with Crippen LogP contribution in [0.4, 0.5) is 0 Å². The van der Waals surface area contributed by atoms with Crippen LogP contribution >= 0.6 is 0 Å². The van der Waals surface area contributed by atoms with Gasteiger partial charge in [0.25, 0.3) is 0 Å². The number of hydrogen-bond acceptors (Lipinski definition) is 7. The van der Waals surface area contributed by atoms with E-state index in [4.69, 9.17) is 21.8 Å². The van der Waals surface area contributed by atoms with Crippen LogP contribution in [0.25, 0.3) is 0 Å². The fourth-order valence-corrected chi connectivity index (χ4v) is 17.1. The molecule has 0 saturated carbocycles. The Balaban J connectivity index is 5.05. The fourth-order valence-electron chi connectivity index (χ4n) is 2.51. The Morgan fingerprint density at radius 1 is 0.667 bits per heavy atom. The summed E-state index contributed by atoms with van der Waals surface area (Å²) >= 11 is 0. The Bertz CT molecular complexity index is 534. The van der Waals surface area contributed by atoms with Crippen molar-refractivity contribution in [2.45, 2.75) is 84.7 Å². The molecular formula is C19H42O7Si4. The average molecular weight is 495 g/mol. The minimum absolute atomic E-state index is 0.209. The second kappa shape index (κ2) is 12.5. The van der Waals surface area contributed by atoms with Gasteiger partial charge in [-0.1, -0.05) is 6.92 Å². The van der Waals surface area contributed by atoms with Crippen molar-refractivity contribution in [1.29, 1.82) is 0 Å². The van der Waals surface area contributed by atoms with Crippen LogP contribution in [-0.2, 0) is 31.4 Å². The third-order valence-electron chi connectivity index (χ3n) is 3.06. The minimum Gasteiger partial charge on any atom is -0.463 e. The average Bonchev–Trinajstić information content (AvgIpc) is 2.50. The van der Waals surface area contributed by atoms with Gasteiger partial charge >= 0.3 is 20.7 Å². The third kappa shape index (κ3) is 16.2. The Morgan fingerprint density at radius 3 is 1.37 bits per heavy atom. The van der Waals surface area contributed by atoms with Crippen LogP contribution in [0.1, 0.15) is 19.8 Å². The Morgan fingerprint density at radius 2 is 1.03 bits per heavy atom. The van der Waals surface area contributed by atoms with Crippen LogP contribution in [0.2, 0.25) is 65.0 Å². The summed E-state index contributed by atoms with van der Waals surface area (Å²) < 4.78 is 29.9. The zero-order valence-corrected chi connectivity index (χ0v) is 24.5. The number of ether oxygens (including phenoxy) is 2. The van der Waals surface area contributed by atoms with Gasteiger partial charge in [0.05, 0.1) is 13.2 Å². The number of esters is 2. The third-order valence-corrected chi connectivity index (χ3v) is 15.1. The summed E-state index contributed by atoms with van der Waals surface area (Å²) in [6.45, 7) is 21.7. The molecule has 0 bridgehead atoms. The first-order valence-corrected chi connectivity index (χ1v) is 22.7. The topological polar surface area (TPSA) is 80.3 Å². The van der Waals surface area contributed by atoms with E-state index in [1.807, 2.05) is 6.92 Å². The highest BCUT2D eigenvalue weighted by molar-refractivity contribution is 6.90. The van der Waals surface area contributed by atoms with Gasteiger partial charge in [0.15, 0.2) is 25.0 Å². The van der Waals surface area contributed by atoms with Crippen molar-refractivity contribution in [3.63, 3.8) is 0 Å². The molecule has 176 valence electrons. The monoisotopic (exact) mass is 494 g/mol. The molecule has 0 heterocycles. The summed E-state index contributed by atoms with van der Waals surface area (Å²) in [4.78, 5) is 23.3. The van der Waals surface area contributed by atoms with Crippen molar-refractivity contribution < 1.29 is 31.4 Å². The van der Waals surface area contributed by atoms with E-state index < -0.39 is 45.7 Å². The predicted octanol–water partition coefficient (Wildman–Crippen LogP) is 4.92. The molecule has 0 spiro atoms. The molecule has 30 heavy (non-hydrogen) atoms. The van der Waals surface area contributed by atoms with Gasteiger partial charge < -0.3 is 21.8 Å². The molecule has 0 radical (unpaired) electrons. The molecule has 0 aromatic rings. The van der Waals surface area contributed by atoms with Gasteiger partial charge in [-0.25, -0.2) is 9.59 Å². The van der Waals surface area contributed by atoms with E-state index in [0.717, 1.165) is 18.6 Å². The van der Waals surface area contributed by atoms with Gasteiger partial charge in [0, 0.05) is 18.2 Å². The minimum atomic E-state index is -2.92. The van der Waals surface area contributed by atoms with Crippen molar-refractivity contribution in [2.75, 3.05) is 13.2 Å². The molecule has 0 fully saturated rings. The molecule has 0 atom stereocenters. The van der Waals surface area contributed by atoms with E-state index in [-0.39, 0.29) is 6.61 Å². The molecule has 0 saturated heterocycles. The number of rotatable bonds is 14. The number of hydrogen-bond donors (Lipinski definition) is 0. The predicted molar refractivity (Wildman–Crippen MR) is 130 cm³/mol. The molecule has 0 aliphatic rings. The second-order valence-electron chi connectivity index (χ2n) is 10.1. The lowest BCUT2D eigenvalue weighted by Crippen LogP contribution is -2.60. The van der Waals surface area contributed by atoms with E-state index in [1.54, 1.807) is 0 Å². The van der Waals surface area contributed by atoms with Gasteiger partial charge in [0.2, 0.25) is 0 Å². The van der Waals surface area contributed by atoms with Gasteiger partial charge in [-0.3, -0.25) is 0 Å². The molecule has 0 aromatic heterocycles. The summed E-state index contributed by atoms with van der Waals surface area (Å²) in [7, 11) is -8.70. The normalized spacial score (nSPS) is 13.5. The van der Waals surface area contributed by atoms with E-state index in [1.165, 1.54) is 0 Å². The number of carbonyl (C=O) groups is 2. The highest BCUT2D eigenvalue weighted by Crippen LogP contribution is 2.29. The molecule has 0 rings (SSSR count). The first kappa shape index (κ1) is 29.4. The summed E-state index contributed by atoms with van der Waals surface area (Å²) in [5.41, 5.74) is 0. The van der Waals surface area contributed by atoms with Crippen molar-refractivity contribution in [1.82, 2.24) is 0 Å². The highest BCUT2D eigenvalue weighted by Gasteiger charge is 2.49. The zero-order valence-electron chi connectivity index (χ0n) is 20.5. The smallest absolute Gasteiger partial charge is 0.463 e. The molecule has 0 amide bonds. The summed E-state index contributed by atoms with van der Waals surface area (Å²) in [6.07, 6.45) is 3.49. The highest BCUT2D eigenvalue weighted by atomic mass is 28.5. The maximum atomic E-state index is 11.9. The fraction of sp³-hybridized carbons (Fsp3) is 0.789. The lowest BCUT2D eigenvalue weighted by atomic mass is 10.5. The standard InChI is InChI=1S/C19H42O7Si4/c1-11-15-22-18(20)13-14-19(21)23-16-12-17-30(24-27(2,3)4,25-28(5,6)7)26-29(8,9)10/h13-14H,11-12,15-17H2,1-10H3. The molecule has 0 N–H and O–H groups in total. The summed E-state index contributed by atoms with van der Waals surface area (Å²) in [6, 6.07) is 0.599. The van der Waals surface area contributed by atoms with Crippen LogP contribution in [0.15, 0.2) is 12.2 Å². The Hall–Kier alpha value is -0.572. The Kier molecular flexibility index (Phi) is 12.2. The van der Waals surface area contributed by atoms with Crippen LogP contribution < -0.4 is 0 Å². The van der Waals surface area contributed by atoms with Crippen molar-refractivity contribution >= 4 is 45.7 Å². The molecule has 0 aliphatic heterocycles. The largest absolute Gasteiger partial charge is 0.469 e. The van der Waals surface area contributed by atoms with Gasteiger partial charge in [0.1, 0.15) is 0 Å². The molecule has 0 aromatic carbocycles. The van der Waals surface area contributed by atoms with E-state index in [0.29, 0.717) is 19.1 Å². The van der Waals surface area contributed by atoms with Crippen molar-refractivity contribution in [3.05, 3.63) is 12.2 Å². The lowest BCUT2D eigenvalue weighted by molar-refractivity contribution is -0.140. The summed E-state index contributed by atoms with van der Waals surface area (Å²) in [5, 5.41) is 0. The van der Waals surface area contributed by atoms with E-state index in [9.17, 15) is 9.59 Å². The van der Waals surface area contributed by atoms with Crippen LogP contribution in [0.3, 0.4) is 0 Å². The molecule has 7 nitrogen and oxygen atoms in total.